The summed E-state index contributed by atoms with van der Waals surface area (Å²) in [5.74, 6) is 1.09. The van der Waals surface area contributed by atoms with Gasteiger partial charge in [-0.3, -0.25) is 14.6 Å². The van der Waals surface area contributed by atoms with Crippen LogP contribution in [0.25, 0.3) is 0 Å². The summed E-state index contributed by atoms with van der Waals surface area (Å²) in [6.45, 7) is 9.91. The van der Waals surface area contributed by atoms with E-state index in [9.17, 15) is 4.79 Å². The third-order valence-electron chi connectivity index (χ3n) is 5.72. The molecule has 0 atom stereocenters. The first kappa shape index (κ1) is 18.9. The normalized spacial score (nSPS) is 20.1. The van der Waals surface area contributed by atoms with Crippen LogP contribution < -0.4 is 4.90 Å². The number of benzene rings is 1. The maximum Gasteiger partial charge on any atom is 0.143 e. The van der Waals surface area contributed by atoms with Gasteiger partial charge in [-0.05, 0) is 69.9 Å². The van der Waals surface area contributed by atoms with Gasteiger partial charge in [0.15, 0.2) is 0 Å². The fraction of sp³-hybridized carbons (Fsp3) is 0.619. The second-order valence-corrected chi connectivity index (χ2v) is 7.70. The highest BCUT2D eigenvalue weighted by molar-refractivity contribution is 5.77. The number of hydrogen-bond acceptors (Lipinski definition) is 5. The van der Waals surface area contributed by atoms with Crippen molar-refractivity contribution < 1.29 is 4.79 Å². The Balaban J connectivity index is 1.37. The van der Waals surface area contributed by atoms with Gasteiger partial charge in [-0.25, -0.2) is 0 Å². The maximum atomic E-state index is 11.2. The largest absolute Gasteiger partial charge is 0.369 e. The molecule has 3 rings (SSSR count). The molecule has 0 spiro atoms. The summed E-state index contributed by atoms with van der Waals surface area (Å²) in [4.78, 5) is 18.5. The van der Waals surface area contributed by atoms with Crippen molar-refractivity contribution in [2.45, 2.75) is 26.2 Å². The molecule has 1 aromatic carbocycles. The zero-order valence-corrected chi connectivity index (χ0v) is 15.9. The number of carbonyl (C=O) groups excluding carboxylic acids is 1. The van der Waals surface area contributed by atoms with Gasteiger partial charge in [-0.2, -0.15) is 5.26 Å². The van der Waals surface area contributed by atoms with Crippen molar-refractivity contribution in [2.24, 2.45) is 5.92 Å². The molecule has 0 radical (unpaired) electrons. The van der Waals surface area contributed by atoms with Gasteiger partial charge in [0.2, 0.25) is 0 Å². The Hall–Kier alpha value is -1.90. The number of nitrogens with zero attached hydrogens (tertiary/aromatic N) is 4. The summed E-state index contributed by atoms with van der Waals surface area (Å²) in [6.07, 6.45) is 3.74. The van der Waals surface area contributed by atoms with Gasteiger partial charge >= 0.3 is 0 Å². The summed E-state index contributed by atoms with van der Waals surface area (Å²) in [6, 6.07) is 10.2. The van der Waals surface area contributed by atoms with Crippen molar-refractivity contribution in [2.75, 3.05) is 57.3 Å². The molecule has 0 amide bonds. The van der Waals surface area contributed by atoms with Crippen LogP contribution in [-0.2, 0) is 4.79 Å². The molecule has 0 aliphatic carbocycles. The van der Waals surface area contributed by atoms with Gasteiger partial charge in [-0.1, -0.05) is 6.07 Å². The number of hydrogen-bond donors (Lipinski definition) is 0. The molecule has 140 valence electrons. The van der Waals surface area contributed by atoms with Crippen LogP contribution in [0.2, 0.25) is 0 Å². The summed E-state index contributed by atoms with van der Waals surface area (Å²) in [5, 5.41) is 9.06. The summed E-state index contributed by atoms with van der Waals surface area (Å²) < 4.78 is 0. The van der Waals surface area contributed by atoms with Crippen LogP contribution in [0.5, 0.6) is 0 Å². The minimum absolute atomic E-state index is 0.279. The first-order chi connectivity index (χ1) is 12.6. The molecule has 2 aliphatic heterocycles. The van der Waals surface area contributed by atoms with Gasteiger partial charge in [-0.15, -0.1) is 0 Å². The van der Waals surface area contributed by atoms with Crippen molar-refractivity contribution >= 4 is 11.5 Å². The van der Waals surface area contributed by atoms with E-state index in [2.05, 4.69) is 26.8 Å². The first-order valence-electron chi connectivity index (χ1n) is 9.83. The number of ketones is 1. The summed E-state index contributed by atoms with van der Waals surface area (Å²) in [7, 11) is 0. The molecule has 0 aromatic heterocycles. The molecular weight excluding hydrogens is 324 g/mol. The SMILES string of the molecule is CC(=O)CN1CCC(CCN2CCN(c3cccc(C#N)c3)CC2)CC1. The van der Waals surface area contributed by atoms with Gasteiger partial charge in [0, 0.05) is 31.9 Å². The lowest BCUT2D eigenvalue weighted by molar-refractivity contribution is -0.118. The predicted octanol–water partition coefficient (Wildman–Crippen LogP) is 2.37. The number of nitriles is 1. The second-order valence-electron chi connectivity index (χ2n) is 7.70. The summed E-state index contributed by atoms with van der Waals surface area (Å²) >= 11 is 0. The average molecular weight is 354 g/mol. The Bertz CT molecular complexity index is 638. The molecule has 1 aromatic rings. The number of rotatable bonds is 6. The van der Waals surface area contributed by atoms with E-state index >= 15 is 0 Å². The van der Waals surface area contributed by atoms with Crippen molar-refractivity contribution in [3.63, 3.8) is 0 Å². The second kappa shape index (κ2) is 9.16. The van der Waals surface area contributed by atoms with Crippen LogP contribution in [0.1, 0.15) is 31.7 Å². The number of likely N-dealkylation sites (tertiary alicyclic amines) is 1. The van der Waals surface area contributed by atoms with Crippen LogP contribution >= 0.6 is 0 Å². The Morgan fingerprint density at radius 2 is 1.85 bits per heavy atom. The summed E-state index contributed by atoms with van der Waals surface area (Å²) in [5.41, 5.74) is 1.91. The molecule has 5 heteroatoms. The Morgan fingerprint density at radius 3 is 2.50 bits per heavy atom. The Labute approximate surface area is 157 Å². The lowest BCUT2D eigenvalue weighted by Gasteiger charge is -2.37. The Morgan fingerprint density at radius 1 is 1.12 bits per heavy atom. The third kappa shape index (κ3) is 5.30. The molecule has 2 aliphatic rings. The number of piperidine rings is 1. The van der Waals surface area contributed by atoms with Crippen LogP contribution in [0, 0.1) is 17.2 Å². The highest BCUT2D eigenvalue weighted by atomic mass is 16.1. The molecule has 2 heterocycles. The van der Waals surface area contributed by atoms with E-state index in [1.54, 1.807) is 6.92 Å². The van der Waals surface area contributed by atoms with E-state index in [1.807, 2.05) is 18.2 Å². The van der Waals surface area contributed by atoms with E-state index in [4.69, 9.17) is 5.26 Å². The minimum Gasteiger partial charge on any atom is -0.369 e. The van der Waals surface area contributed by atoms with E-state index in [1.165, 1.54) is 31.5 Å². The molecule has 2 saturated heterocycles. The molecular formula is C21H30N4O. The minimum atomic E-state index is 0.279. The predicted molar refractivity (Wildman–Crippen MR) is 104 cm³/mol. The first-order valence-corrected chi connectivity index (χ1v) is 9.83. The third-order valence-corrected chi connectivity index (χ3v) is 5.72. The fourth-order valence-corrected chi connectivity index (χ4v) is 4.12. The number of anilines is 1. The maximum absolute atomic E-state index is 11.2. The smallest absolute Gasteiger partial charge is 0.143 e. The van der Waals surface area contributed by atoms with Crippen LogP contribution in [0.3, 0.4) is 0 Å². The molecule has 0 unspecified atom stereocenters. The quantitative estimate of drug-likeness (QED) is 0.785. The van der Waals surface area contributed by atoms with E-state index < -0.39 is 0 Å². The standard InChI is InChI=1S/C21H30N4O/c1-18(26)17-24-9-6-19(7-10-24)5-8-23-11-13-25(14-12-23)21-4-2-3-20(15-21)16-22/h2-4,15,19H,5-14,17H2,1H3. The lowest BCUT2D eigenvalue weighted by atomic mass is 9.93. The van der Waals surface area contributed by atoms with E-state index in [-0.39, 0.29) is 5.78 Å². The van der Waals surface area contributed by atoms with E-state index in [0.717, 1.165) is 50.7 Å². The van der Waals surface area contributed by atoms with Crippen LogP contribution in [-0.4, -0.2) is 67.9 Å². The molecule has 2 fully saturated rings. The van der Waals surface area contributed by atoms with Gasteiger partial charge < -0.3 is 4.90 Å². The average Bonchev–Trinajstić information content (AvgIpc) is 2.67. The monoisotopic (exact) mass is 354 g/mol. The van der Waals surface area contributed by atoms with Crippen LogP contribution in [0.15, 0.2) is 24.3 Å². The molecule has 5 nitrogen and oxygen atoms in total. The zero-order valence-electron chi connectivity index (χ0n) is 15.9. The molecule has 26 heavy (non-hydrogen) atoms. The molecule has 0 N–H and O–H groups in total. The molecule has 0 saturated carbocycles. The van der Waals surface area contributed by atoms with Gasteiger partial charge in [0.1, 0.15) is 5.78 Å². The lowest BCUT2D eigenvalue weighted by Crippen LogP contribution is -2.47. The van der Waals surface area contributed by atoms with E-state index in [0.29, 0.717) is 6.54 Å². The van der Waals surface area contributed by atoms with Crippen molar-refractivity contribution in [1.29, 1.82) is 5.26 Å². The van der Waals surface area contributed by atoms with Gasteiger partial charge in [0.25, 0.3) is 0 Å². The van der Waals surface area contributed by atoms with Gasteiger partial charge in [0.05, 0.1) is 18.2 Å². The fourth-order valence-electron chi connectivity index (χ4n) is 4.12. The Kier molecular flexibility index (Phi) is 6.65. The van der Waals surface area contributed by atoms with Crippen molar-refractivity contribution in [1.82, 2.24) is 9.80 Å². The van der Waals surface area contributed by atoms with Crippen molar-refractivity contribution in [3.05, 3.63) is 29.8 Å². The van der Waals surface area contributed by atoms with Crippen molar-refractivity contribution in [3.8, 4) is 6.07 Å². The zero-order chi connectivity index (χ0) is 18.4. The topological polar surface area (TPSA) is 50.6 Å². The number of Topliss-reactive ketones (excluding diaryl/α,β-unsaturated/α-hetero) is 1. The number of piperazine rings is 1. The highest BCUT2D eigenvalue weighted by Gasteiger charge is 2.22. The molecule has 0 bridgehead atoms. The van der Waals surface area contributed by atoms with Crippen LogP contribution in [0.4, 0.5) is 5.69 Å². The highest BCUT2D eigenvalue weighted by Crippen LogP contribution is 2.22. The number of carbonyl (C=O) groups is 1.